The molecule has 0 spiro atoms. The van der Waals surface area contributed by atoms with Crippen molar-refractivity contribution in [2.75, 3.05) is 0 Å². The van der Waals surface area contributed by atoms with Gasteiger partial charge in [-0.2, -0.15) is 0 Å². The maximum Gasteiger partial charge on any atom is -0.00201 e. The lowest BCUT2D eigenvalue weighted by Crippen LogP contribution is -1.92. The summed E-state index contributed by atoms with van der Waals surface area (Å²) < 4.78 is 0. The smallest absolute Gasteiger partial charge is 0.00201 e. The molecule has 24 aromatic carbocycles. The minimum atomic E-state index is 1.23. The predicted octanol–water partition coefficient (Wildman–Crippen LogP) is 34.4. The van der Waals surface area contributed by atoms with Crippen LogP contribution in [0.4, 0.5) is 0 Å². The molecule has 0 aliphatic rings. The summed E-state index contributed by atoms with van der Waals surface area (Å²) in [6, 6.07) is 177. The van der Waals surface area contributed by atoms with Crippen molar-refractivity contribution in [3.63, 3.8) is 0 Å². The van der Waals surface area contributed by atoms with Crippen LogP contribution in [0.15, 0.2) is 485 Å². The van der Waals surface area contributed by atoms with Crippen molar-refractivity contribution in [3.8, 4) is 111 Å². The molecule has 0 aromatic heterocycles. The fourth-order valence-electron chi connectivity index (χ4n) is 19.2. The molecule has 24 aromatic rings. The van der Waals surface area contributed by atoms with Crippen LogP contribution < -0.4 is 0 Å². The molecule has 0 saturated heterocycles. The molecule has 0 radical (unpaired) electrons. The van der Waals surface area contributed by atoms with Gasteiger partial charge in [0.2, 0.25) is 0 Å². The van der Waals surface area contributed by atoms with Gasteiger partial charge in [-0.15, -0.1) is 0 Å². The van der Waals surface area contributed by atoms with Crippen LogP contribution in [-0.4, -0.2) is 0 Å². The molecular weight excluding hydrogens is 1470 g/mol. The third-order valence-electron chi connectivity index (χ3n) is 24.9. The van der Waals surface area contributed by atoms with E-state index in [-0.39, 0.29) is 0 Å². The molecule has 24 rings (SSSR count). The van der Waals surface area contributed by atoms with E-state index in [9.17, 15) is 0 Å². The van der Waals surface area contributed by atoms with Gasteiger partial charge in [0.15, 0.2) is 0 Å². The maximum absolute atomic E-state index is 2.42. The van der Waals surface area contributed by atoms with Crippen molar-refractivity contribution in [1.82, 2.24) is 0 Å². The van der Waals surface area contributed by atoms with E-state index in [1.807, 2.05) is 0 Å². The van der Waals surface area contributed by atoms with Gasteiger partial charge in [0, 0.05) is 0 Å². The van der Waals surface area contributed by atoms with Crippen molar-refractivity contribution in [3.05, 3.63) is 485 Å². The van der Waals surface area contributed by atoms with E-state index in [0.717, 1.165) is 0 Å². The molecule has 0 aliphatic carbocycles. The van der Waals surface area contributed by atoms with Gasteiger partial charge in [0.25, 0.3) is 0 Å². The van der Waals surface area contributed by atoms with E-state index >= 15 is 0 Å². The first kappa shape index (κ1) is 72.6. The van der Waals surface area contributed by atoms with Crippen molar-refractivity contribution < 1.29 is 0 Å². The quantitative estimate of drug-likeness (QED) is 0.120. The van der Waals surface area contributed by atoms with Gasteiger partial charge in [-0.3, -0.25) is 0 Å². The summed E-state index contributed by atoms with van der Waals surface area (Å²) in [7, 11) is 0. The first-order valence-corrected chi connectivity index (χ1v) is 42.2. The zero-order valence-corrected chi connectivity index (χ0v) is 67.2. The molecule has 0 aliphatic heterocycles. The first-order valence-electron chi connectivity index (χ1n) is 42.2. The predicted molar refractivity (Wildman–Crippen MR) is 526 cm³/mol. The normalized spacial score (nSPS) is 11.4. The van der Waals surface area contributed by atoms with Gasteiger partial charge >= 0.3 is 0 Å². The molecule has 0 amide bonds. The minimum Gasteiger partial charge on any atom is -0.0622 e. The Balaban J connectivity index is 0.000000110. The van der Waals surface area contributed by atoms with Crippen LogP contribution in [0.1, 0.15) is 0 Å². The topological polar surface area (TPSA) is 0 Å². The van der Waals surface area contributed by atoms with Crippen molar-refractivity contribution in [1.29, 1.82) is 0 Å². The monoisotopic (exact) mass is 1540 g/mol. The number of benzene rings is 24. The van der Waals surface area contributed by atoms with Crippen LogP contribution in [0, 0.1) is 0 Å². The third kappa shape index (κ3) is 13.3. The summed E-state index contributed by atoms with van der Waals surface area (Å²) in [5.41, 5.74) is 25.1. The van der Waals surface area contributed by atoms with Crippen LogP contribution in [0.3, 0.4) is 0 Å². The molecule has 0 bridgehead atoms. The lowest BCUT2D eigenvalue weighted by atomic mass is 9.83. The SMILES string of the molecule is c1ccc(-c2ccc(-c3c4ccccc4c(-c4ccccc4)c4cc(-c5ccccc5)ccc34)cc2)cc1.c1ccc(-c2ccc3c(-c4cccc5ccccc45)c4ccccc4c(-c4ccc5ccccc5c4)c3c2)cc1.c1ccc2cc(-c3ccc4c(-c5cccc6ccccc56)c5ccccc5c(-c5ccc6ccccc6c5)c4c3)ccc2c1. The lowest BCUT2D eigenvalue weighted by Gasteiger charge is -2.20. The van der Waals surface area contributed by atoms with Gasteiger partial charge < -0.3 is 0 Å². The number of hydrogen-bond acceptors (Lipinski definition) is 0. The number of rotatable bonds is 10. The summed E-state index contributed by atoms with van der Waals surface area (Å²) in [6.07, 6.45) is 0. The summed E-state index contributed by atoms with van der Waals surface area (Å²) in [5.74, 6) is 0. The fraction of sp³-hybridized carbons (Fsp3) is 0. The molecular formula is C122H80. The second-order valence-electron chi connectivity index (χ2n) is 31.9. The Morgan fingerprint density at radius 3 is 0.672 bits per heavy atom. The molecule has 0 heteroatoms. The second kappa shape index (κ2) is 31.5. The standard InChI is InChI=1S/C44H28.C40H26.C38H26/c1-3-13-32-26-34(22-20-29(32)10-1)35-24-25-41-42(28-35)43(36-23-21-30-11-2-4-14-33(30)27-36)39-17-7-8-18-40(39)44(41)38-19-9-15-31-12-5-6-16-37(31)38;1-2-11-27(12-3-1)31-23-24-37-38(26-31)39(32-22-21-28-13-4-5-15-30(28)25-32)35-18-8-9-19-36(35)40(37)34-20-10-16-29-14-6-7-17-33(29)34;1-4-12-27(13-5-1)29-20-22-31(23-21-29)37-33-18-10-11-19-34(33)38(30-16-8-3-9-17-30)36-26-32(24-25-35(36)37)28-14-6-2-7-15-28/h1-28H;1-26H;1-26H. The van der Waals surface area contributed by atoms with E-state index in [1.54, 1.807) is 0 Å². The molecule has 568 valence electrons. The molecule has 0 atom stereocenters. The highest BCUT2D eigenvalue weighted by atomic mass is 14.3. The number of hydrogen-bond donors (Lipinski definition) is 0. The highest BCUT2D eigenvalue weighted by molar-refractivity contribution is 6.27. The van der Waals surface area contributed by atoms with Crippen molar-refractivity contribution >= 4 is 118 Å². The van der Waals surface area contributed by atoms with E-state index in [0.29, 0.717) is 0 Å². The highest BCUT2D eigenvalue weighted by Gasteiger charge is 2.24. The Kier molecular flexibility index (Phi) is 18.8. The minimum absolute atomic E-state index is 1.23. The first-order chi connectivity index (χ1) is 60.5. The van der Waals surface area contributed by atoms with Crippen LogP contribution in [-0.2, 0) is 0 Å². The Labute approximate surface area is 710 Å². The van der Waals surface area contributed by atoms with E-state index < -0.39 is 0 Å². The van der Waals surface area contributed by atoms with Gasteiger partial charge in [-0.25, -0.2) is 0 Å². The van der Waals surface area contributed by atoms with Crippen LogP contribution in [0.2, 0.25) is 0 Å². The van der Waals surface area contributed by atoms with Gasteiger partial charge in [-0.05, 0) is 266 Å². The molecule has 0 saturated carbocycles. The van der Waals surface area contributed by atoms with Gasteiger partial charge in [0.05, 0.1) is 0 Å². The summed E-state index contributed by atoms with van der Waals surface area (Å²) in [4.78, 5) is 0. The second-order valence-corrected chi connectivity index (χ2v) is 31.9. The van der Waals surface area contributed by atoms with Crippen molar-refractivity contribution in [2.24, 2.45) is 0 Å². The number of fused-ring (bicyclic) bond motifs is 11. The average Bonchev–Trinajstić information content (AvgIpc) is 0.732. The van der Waals surface area contributed by atoms with E-state index in [4.69, 9.17) is 0 Å². The Bertz CT molecular complexity index is 8130. The Morgan fingerprint density at radius 2 is 0.287 bits per heavy atom. The summed E-state index contributed by atoms with van der Waals surface area (Å²) >= 11 is 0. The molecule has 0 nitrogen and oxygen atoms in total. The lowest BCUT2D eigenvalue weighted by molar-refractivity contribution is 1.61. The van der Waals surface area contributed by atoms with E-state index in [2.05, 4.69) is 485 Å². The highest BCUT2D eigenvalue weighted by Crippen LogP contribution is 2.51. The summed E-state index contributed by atoms with van der Waals surface area (Å²) in [5, 5.41) is 27.9. The van der Waals surface area contributed by atoms with Crippen LogP contribution >= 0.6 is 0 Å². The summed E-state index contributed by atoms with van der Waals surface area (Å²) in [6.45, 7) is 0. The zero-order chi connectivity index (χ0) is 80.8. The molecule has 0 heterocycles. The third-order valence-corrected chi connectivity index (χ3v) is 24.9. The average molecular weight is 1550 g/mol. The molecule has 122 heavy (non-hydrogen) atoms. The molecule has 0 unspecified atom stereocenters. The zero-order valence-electron chi connectivity index (χ0n) is 67.2. The van der Waals surface area contributed by atoms with Crippen LogP contribution in [0.5, 0.6) is 0 Å². The Hall–Kier alpha value is -15.9. The van der Waals surface area contributed by atoms with Gasteiger partial charge in [0.1, 0.15) is 0 Å². The molecule has 0 N–H and O–H groups in total. The van der Waals surface area contributed by atoms with E-state index in [1.165, 1.54) is 230 Å². The van der Waals surface area contributed by atoms with Crippen molar-refractivity contribution in [2.45, 2.75) is 0 Å². The maximum atomic E-state index is 2.42. The van der Waals surface area contributed by atoms with Crippen LogP contribution in [0.25, 0.3) is 230 Å². The fourth-order valence-corrected chi connectivity index (χ4v) is 19.2. The Morgan fingerprint density at radius 1 is 0.0820 bits per heavy atom. The largest absolute Gasteiger partial charge is 0.0622 e. The molecule has 0 fully saturated rings. The van der Waals surface area contributed by atoms with Gasteiger partial charge in [-0.1, -0.05) is 449 Å².